The van der Waals surface area contributed by atoms with Crippen molar-refractivity contribution >= 4 is 54.8 Å². The monoisotopic (exact) mass is 539 g/mol. The number of benzene rings is 1. The number of sulfonamides is 1. The Bertz CT molecular complexity index is 1110. The van der Waals surface area contributed by atoms with Crippen molar-refractivity contribution in [3.05, 3.63) is 44.6 Å². The largest absolute Gasteiger partial charge is 0.351 e. The van der Waals surface area contributed by atoms with E-state index in [1.54, 1.807) is 29.2 Å². The minimum absolute atomic E-state index is 0.0104. The molecule has 1 saturated heterocycles. The Morgan fingerprint density at radius 2 is 1.97 bits per heavy atom. The van der Waals surface area contributed by atoms with Crippen LogP contribution < -0.4 is 10.2 Å². The maximum atomic E-state index is 13.4. The molecule has 172 valence electrons. The van der Waals surface area contributed by atoms with E-state index in [1.165, 1.54) is 4.31 Å². The third kappa shape index (κ3) is 4.64. The fraction of sp³-hybridized carbons (Fsp3) is 0.455. The van der Waals surface area contributed by atoms with E-state index in [-0.39, 0.29) is 22.6 Å². The molecule has 0 radical (unpaired) electrons. The zero-order valence-electron chi connectivity index (χ0n) is 17.8. The van der Waals surface area contributed by atoms with Crippen LogP contribution in [0.5, 0.6) is 0 Å². The number of fused-ring (bicyclic) bond motifs is 1. The van der Waals surface area contributed by atoms with E-state index < -0.39 is 10.0 Å². The normalized spacial score (nSPS) is 17.4. The lowest BCUT2D eigenvalue weighted by Crippen LogP contribution is -2.43. The Morgan fingerprint density at radius 3 is 2.62 bits per heavy atom. The van der Waals surface area contributed by atoms with E-state index in [2.05, 4.69) is 21.2 Å². The number of rotatable bonds is 6. The quantitative estimate of drug-likeness (QED) is 0.608. The summed E-state index contributed by atoms with van der Waals surface area (Å²) in [6.07, 6.45) is 2.06. The minimum Gasteiger partial charge on any atom is -0.351 e. The van der Waals surface area contributed by atoms with Crippen molar-refractivity contribution in [3.63, 3.8) is 0 Å². The molecule has 1 fully saturated rings. The van der Waals surface area contributed by atoms with Gasteiger partial charge < -0.3 is 10.2 Å². The standard InChI is InChI=1S/C22H26BrN3O4S2/c1-2-21(27)26-10-7-16-12-18(23)20(13-19(16)26)32(29,30)25-8-5-15(6-9-25)22(28)24-14-17-4-3-11-31-17/h3-4,11-13,15H,2,5-10,14H2,1H3,(H,24,28). The van der Waals surface area contributed by atoms with E-state index in [9.17, 15) is 18.0 Å². The van der Waals surface area contributed by atoms with Gasteiger partial charge in [-0.15, -0.1) is 11.3 Å². The maximum absolute atomic E-state index is 13.4. The molecule has 1 aromatic heterocycles. The summed E-state index contributed by atoms with van der Waals surface area (Å²) < 4.78 is 28.8. The van der Waals surface area contributed by atoms with Crippen LogP contribution in [0.3, 0.4) is 0 Å². The van der Waals surface area contributed by atoms with Crippen molar-refractivity contribution in [1.82, 2.24) is 9.62 Å². The third-order valence-electron chi connectivity index (χ3n) is 6.09. The van der Waals surface area contributed by atoms with E-state index in [1.807, 2.05) is 23.6 Å². The van der Waals surface area contributed by atoms with Crippen molar-refractivity contribution < 1.29 is 18.0 Å². The van der Waals surface area contributed by atoms with Crippen LogP contribution in [-0.2, 0) is 32.6 Å². The van der Waals surface area contributed by atoms with E-state index in [4.69, 9.17) is 0 Å². The third-order valence-corrected chi connectivity index (χ3v) is 9.83. The average Bonchev–Trinajstić information content (AvgIpc) is 3.46. The lowest BCUT2D eigenvalue weighted by molar-refractivity contribution is -0.126. The second-order valence-electron chi connectivity index (χ2n) is 8.04. The Morgan fingerprint density at radius 1 is 1.22 bits per heavy atom. The molecule has 2 aromatic rings. The first kappa shape index (κ1) is 23.4. The summed E-state index contributed by atoms with van der Waals surface area (Å²) in [7, 11) is -3.75. The summed E-state index contributed by atoms with van der Waals surface area (Å²) >= 11 is 5.02. The van der Waals surface area contributed by atoms with Gasteiger partial charge in [-0.1, -0.05) is 13.0 Å². The predicted octanol–water partition coefficient (Wildman–Crippen LogP) is 3.53. The van der Waals surface area contributed by atoms with Gasteiger partial charge in [0.15, 0.2) is 0 Å². The molecule has 0 atom stereocenters. The van der Waals surface area contributed by atoms with Crippen LogP contribution in [0.15, 0.2) is 39.0 Å². The van der Waals surface area contributed by atoms with Crippen LogP contribution in [0.25, 0.3) is 0 Å². The number of halogens is 1. The fourth-order valence-corrected chi connectivity index (χ4v) is 7.45. The lowest BCUT2D eigenvalue weighted by Gasteiger charge is -2.31. The van der Waals surface area contributed by atoms with Crippen LogP contribution in [-0.4, -0.2) is 44.2 Å². The fourth-order valence-electron chi connectivity index (χ4n) is 4.26. The van der Waals surface area contributed by atoms with Crippen LogP contribution in [0.4, 0.5) is 5.69 Å². The van der Waals surface area contributed by atoms with Gasteiger partial charge in [-0.2, -0.15) is 4.31 Å². The highest BCUT2D eigenvalue weighted by Crippen LogP contribution is 2.37. The minimum atomic E-state index is -3.75. The first-order chi connectivity index (χ1) is 15.3. The zero-order chi connectivity index (χ0) is 22.9. The summed E-state index contributed by atoms with van der Waals surface area (Å²) in [5.41, 5.74) is 1.65. The number of nitrogens with zero attached hydrogens (tertiary/aromatic N) is 2. The molecule has 0 saturated carbocycles. The van der Waals surface area contributed by atoms with Crippen molar-refractivity contribution in [2.75, 3.05) is 24.5 Å². The smallest absolute Gasteiger partial charge is 0.244 e. The number of carbonyl (C=O) groups excluding carboxylic acids is 2. The molecule has 1 N–H and O–H groups in total. The highest BCUT2D eigenvalue weighted by Gasteiger charge is 2.35. The van der Waals surface area contributed by atoms with Gasteiger partial charge in [0.05, 0.1) is 11.4 Å². The molecule has 0 aliphatic carbocycles. The number of thiophene rings is 1. The van der Waals surface area contributed by atoms with Gasteiger partial charge in [0.25, 0.3) is 0 Å². The van der Waals surface area contributed by atoms with Gasteiger partial charge in [-0.05, 0) is 64.3 Å². The van der Waals surface area contributed by atoms with Crippen molar-refractivity contribution in [3.8, 4) is 0 Å². The molecule has 2 amide bonds. The average molecular weight is 541 g/mol. The number of nitrogens with one attached hydrogen (secondary N) is 1. The van der Waals surface area contributed by atoms with Gasteiger partial charge in [-0.25, -0.2) is 8.42 Å². The Labute approximate surface area is 201 Å². The van der Waals surface area contributed by atoms with Crippen molar-refractivity contribution in [2.45, 2.75) is 44.0 Å². The molecule has 32 heavy (non-hydrogen) atoms. The Balaban J connectivity index is 1.45. The predicted molar refractivity (Wildman–Crippen MR) is 128 cm³/mol. The van der Waals surface area contributed by atoms with Gasteiger partial charge >= 0.3 is 0 Å². The molecule has 3 heterocycles. The topological polar surface area (TPSA) is 86.8 Å². The summed E-state index contributed by atoms with van der Waals surface area (Å²) in [5, 5.41) is 4.93. The number of carbonyl (C=O) groups is 2. The molecular weight excluding hydrogens is 514 g/mol. The van der Waals surface area contributed by atoms with Crippen LogP contribution in [0.2, 0.25) is 0 Å². The molecule has 10 heteroatoms. The van der Waals surface area contributed by atoms with Crippen molar-refractivity contribution in [2.24, 2.45) is 5.92 Å². The van der Waals surface area contributed by atoms with E-state index in [0.717, 1.165) is 10.4 Å². The number of amides is 2. The summed E-state index contributed by atoms with van der Waals surface area (Å²) in [6.45, 7) is 3.46. The Hall–Kier alpha value is -1.75. The first-order valence-corrected chi connectivity index (χ1v) is 13.9. The van der Waals surface area contributed by atoms with Crippen LogP contribution in [0, 0.1) is 5.92 Å². The summed E-state index contributed by atoms with van der Waals surface area (Å²) in [4.78, 5) is 27.7. The molecule has 0 bridgehead atoms. The summed E-state index contributed by atoms with van der Waals surface area (Å²) in [6, 6.07) is 7.36. The summed E-state index contributed by atoms with van der Waals surface area (Å²) in [5.74, 6) is -0.228. The highest BCUT2D eigenvalue weighted by atomic mass is 79.9. The molecule has 4 rings (SSSR count). The van der Waals surface area contributed by atoms with Gasteiger partial charge in [-0.3, -0.25) is 9.59 Å². The molecular formula is C22H26BrN3O4S2. The molecule has 7 nitrogen and oxygen atoms in total. The second-order valence-corrected chi connectivity index (χ2v) is 11.8. The number of piperidine rings is 1. The van der Waals surface area contributed by atoms with E-state index >= 15 is 0 Å². The van der Waals surface area contributed by atoms with Crippen molar-refractivity contribution in [1.29, 1.82) is 0 Å². The lowest BCUT2D eigenvalue weighted by atomic mass is 9.97. The highest BCUT2D eigenvalue weighted by molar-refractivity contribution is 9.10. The molecule has 0 unspecified atom stereocenters. The van der Waals surface area contributed by atoms with Gasteiger partial charge in [0.1, 0.15) is 0 Å². The number of hydrogen-bond acceptors (Lipinski definition) is 5. The second kappa shape index (κ2) is 9.62. The maximum Gasteiger partial charge on any atom is 0.244 e. The van der Waals surface area contributed by atoms with Crippen LogP contribution in [0.1, 0.15) is 36.6 Å². The van der Waals surface area contributed by atoms with E-state index in [0.29, 0.717) is 62.0 Å². The first-order valence-electron chi connectivity index (χ1n) is 10.7. The van der Waals surface area contributed by atoms with Gasteiger partial charge in [0, 0.05) is 47.0 Å². The van der Waals surface area contributed by atoms with Crippen LogP contribution >= 0.6 is 27.3 Å². The number of hydrogen-bond donors (Lipinski definition) is 1. The van der Waals surface area contributed by atoms with Gasteiger partial charge in [0.2, 0.25) is 21.8 Å². The zero-order valence-corrected chi connectivity index (χ0v) is 21.1. The molecule has 2 aliphatic heterocycles. The SMILES string of the molecule is CCC(=O)N1CCc2cc(Br)c(S(=O)(=O)N3CCC(C(=O)NCc4cccs4)CC3)cc21. The molecule has 0 spiro atoms. The molecule has 1 aromatic carbocycles. The Kier molecular flexibility index (Phi) is 7.04. The number of anilines is 1. The molecule has 2 aliphatic rings.